The fraction of sp³-hybridized carbons (Fsp3) is 0.636. The third kappa shape index (κ3) is 2.89. The van der Waals surface area contributed by atoms with Crippen LogP contribution >= 0.6 is 0 Å². The summed E-state index contributed by atoms with van der Waals surface area (Å²) >= 11 is 0. The van der Waals surface area contributed by atoms with E-state index in [0.717, 1.165) is 44.0 Å². The highest BCUT2D eigenvalue weighted by Gasteiger charge is 2.13. The molecular formula is C11H17N3O. The SMILES string of the molecule is CCc1cc(NC2CCOCC2)ncn1. The monoisotopic (exact) mass is 207 g/mol. The molecule has 1 aliphatic rings. The molecule has 1 fully saturated rings. The van der Waals surface area contributed by atoms with Crippen molar-refractivity contribution < 1.29 is 4.74 Å². The Labute approximate surface area is 90.1 Å². The zero-order chi connectivity index (χ0) is 10.5. The van der Waals surface area contributed by atoms with Crippen LogP contribution in [-0.4, -0.2) is 29.2 Å². The summed E-state index contributed by atoms with van der Waals surface area (Å²) in [4.78, 5) is 8.39. The van der Waals surface area contributed by atoms with E-state index in [1.54, 1.807) is 6.33 Å². The van der Waals surface area contributed by atoms with Crippen molar-refractivity contribution in [1.82, 2.24) is 9.97 Å². The van der Waals surface area contributed by atoms with Crippen molar-refractivity contribution in [2.45, 2.75) is 32.2 Å². The van der Waals surface area contributed by atoms with Gasteiger partial charge in [-0.3, -0.25) is 0 Å². The summed E-state index contributed by atoms with van der Waals surface area (Å²) in [5, 5.41) is 3.42. The number of aromatic nitrogens is 2. The normalized spacial score (nSPS) is 17.7. The third-order valence-electron chi connectivity index (χ3n) is 2.66. The molecule has 0 spiro atoms. The molecule has 2 heterocycles. The molecule has 0 aromatic carbocycles. The van der Waals surface area contributed by atoms with Crippen LogP contribution < -0.4 is 5.32 Å². The molecule has 1 aliphatic heterocycles. The second-order valence-corrected chi connectivity index (χ2v) is 3.78. The Morgan fingerprint density at radius 3 is 2.93 bits per heavy atom. The molecule has 15 heavy (non-hydrogen) atoms. The summed E-state index contributed by atoms with van der Waals surface area (Å²) in [6.45, 7) is 3.80. The molecule has 1 aromatic heterocycles. The largest absolute Gasteiger partial charge is 0.381 e. The lowest BCUT2D eigenvalue weighted by atomic mass is 10.1. The number of anilines is 1. The van der Waals surface area contributed by atoms with Gasteiger partial charge in [0, 0.05) is 31.0 Å². The van der Waals surface area contributed by atoms with Gasteiger partial charge in [-0.05, 0) is 19.3 Å². The maximum Gasteiger partial charge on any atom is 0.129 e. The first-order valence-electron chi connectivity index (χ1n) is 5.53. The van der Waals surface area contributed by atoms with Gasteiger partial charge in [-0.1, -0.05) is 6.92 Å². The third-order valence-corrected chi connectivity index (χ3v) is 2.66. The standard InChI is InChI=1S/C11H17N3O/c1-2-9-7-11(13-8-12-9)14-10-3-5-15-6-4-10/h7-8,10H,2-6H2,1H3,(H,12,13,14). The molecule has 1 saturated heterocycles. The number of hydrogen-bond acceptors (Lipinski definition) is 4. The summed E-state index contributed by atoms with van der Waals surface area (Å²) in [5.41, 5.74) is 1.08. The number of hydrogen-bond donors (Lipinski definition) is 1. The topological polar surface area (TPSA) is 47.0 Å². The Balaban J connectivity index is 1.96. The second kappa shape index (κ2) is 5.07. The van der Waals surface area contributed by atoms with E-state index in [1.807, 2.05) is 6.07 Å². The van der Waals surface area contributed by atoms with Gasteiger partial charge in [0.1, 0.15) is 12.1 Å². The molecule has 0 bridgehead atoms. The van der Waals surface area contributed by atoms with Crippen LogP contribution in [0, 0.1) is 0 Å². The van der Waals surface area contributed by atoms with Gasteiger partial charge in [0.05, 0.1) is 0 Å². The highest BCUT2D eigenvalue weighted by Crippen LogP contribution is 2.13. The molecule has 82 valence electrons. The molecule has 0 amide bonds. The fourth-order valence-corrected chi connectivity index (χ4v) is 1.72. The highest BCUT2D eigenvalue weighted by molar-refractivity contribution is 5.36. The molecule has 0 radical (unpaired) electrons. The lowest BCUT2D eigenvalue weighted by molar-refractivity contribution is 0.0904. The van der Waals surface area contributed by atoms with Crippen molar-refractivity contribution in [3.8, 4) is 0 Å². The van der Waals surface area contributed by atoms with E-state index in [2.05, 4.69) is 22.2 Å². The van der Waals surface area contributed by atoms with Gasteiger partial charge >= 0.3 is 0 Å². The Morgan fingerprint density at radius 2 is 2.20 bits per heavy atom. The lowest BCUT2D eigenvalue weighted by Gasteiger charge is -2.23. The summed E-state index contributed by atoms with van der Waals surface area (Å²) in [6, 6.07) is 2.52. The van der Waals surface area contributed by atoms with E-state index in [9.17, 15) is 0 Å². The average Bonchev–Trinajstić information content (AvgIpc) is 2.31. The zero-order valence-corrected chi connectivity index (χ0v) is 9.07. The summed E-state index contributed by atoms with van der Waals surface area (Å²) in [6.07, 6.45) is 4.70. The quantitative estimate of drug-likeness (QED) is 0.818. The Bertz CT molecular complexity index is 310. The van der Waals surface area contributed by atoms with Gasteiger partial charge in [-0.2, -0.15) is 0 Å². The molecule has 0 atom stereocenters. The van der Waals surface area contributed by atoms with Crippen molar-refractivity contribution in [2.75, 3.05) is 18.5 Å². The summed E-state index contributed by atoms with van der Waals surface area (Å²) in [5.74, 6) is 0.939. The average molecular weight is 207 g/mol. The van der Waals surface area contributed by atoms with Crippen LogP contribution in [0.25, 0.3) is 0 Å². The van der Waals surface area contributed by atoms with Crippen LogP contribution in [0.15, 0.2) is 12.4 Å². The first-order valence-corrected chi connectivity index (χ1v) is 5.53. The fourth-order valence-electron chi connectivity index (χ4n) is 1.72. The molecule has 0 aliphatic carbocycles. The maximum absolute atomic E-state index is 5.31. The molecule has 0 saturated carbocycles. The maximum atomic E-state index is 5.31. The predicted octanol–water partition coefficient (Wildman–Crippen LogP) is 1.63. The minimum atomic E-state index is 0.498. The molecule has 1 N–H and O–H groups in total. The molecule has 4 heteroatoms. The molecule has 2 rings (SSSR count). The smallest absolute Gasteiger partial charge is 0.129 e. The van der Waals surface area contributed by atoms with Crippen molar-refractivity contribution >= 4 is 5.82 Å². The first kappa shape index (κ1) is 10.4. The summed E-state index contributed by atoms with van der Waals surface area (Å²) in [7, 11) is 0. The van der Waals surface area contributed by atoms with Crippen LogP contribution in [0.2, 0.25) is 0 Å². The van der Waals surface area contributed by atoms with E-state index in [4.69, 9.17) is 4.74 Å². The van der Waals surface area contributed by atoms with Gasteiger partial charge < -0.3 is 10.1 Å². The van der Waals surface area contributed by atoms with E-state index in [-0.39, 0.29) is 0 Å². The lowest BCUT2D eigenvalue weighted by Crippen LogP contribution is -2.28. The molecular weight excluding hydrogens is 190 g/mol. The minimum absolute atomic E-state index is 0.498. The zero-order valence-electron chi connectivity index (χ0n) is 9.07. The second-order valence-electron chi connectivity index (χ2n) is 3.78. The molecule has 0 unspecified atom stereocenters. The highest BCUT2D eigenvalue weighted by atomic mass is 16.5. The van der Waals surface area contributed by atoms with Crippen LogP contribution in [-0.2, 0) is 11.2 Å². The van der Waals surface area contributed by atoms with Crippen LogP contribution in [0.3, 0.4) is 0 Å². The van der Waals surface area contributed by atoms with Gasteiger partial charge in [0.15, 0.2) is 0 Å². The van der Waals surface area contributed by atoms with Gasteiger partial charge in [-0.25, -0.2) is 9.97 Å². The van der Waals surface area contributed by atoms with E-state index in [1.165, 1.54) is 0 Å². The van der Waals surface area contributed by atoms with Gasteiger partial charge in [-0.15, -0.1) is 0 Å². The van der Waals surface area contributed by atoms with Crippen LogP contribution in [0.4, 0.5) is 5.82 Å². The number of rotatable bonds is 3. The number of nitrogens with zero attached hydrogens (tertiary/aromatic N) is 2. The minimum Gasteiger partial charge on any atom is -0.381 e. The van der Waals surface area contributed by atoms with Crippen molar-refractivity contribution in [1.29, 1.82) is 0 Å². The van der Waals surface area contributed by atoms with Crippen LogP contribution in [0.1, 0.15) is 25.5 Å². The van der Waals surface area contributed by atoms with E-state index >= 15 is 0 Å². The van der Waals surface area contributed by atoms with E-state index < -0.39 is 0 Å². The van der Waals surface area contributed by atoms with Gasteiger partial charge in [0.25, 0.3) is 0 Å². The van der Waals surface area contributed by atoms with E-state index in [0.29, 0.717) is 6.04 Å². The number of ether oxygens (including phenoxy) is 1. The molecule has 4 nitrogen and oxygen atoms in total. The Hall–Kier alpha value is -1.16. The van der Waals surface area contributed by atoms with Crippen molar-refractivity contribution in [2.24, 2.45) is 0 Å². The van der Waals surface area contributed by atoms with Crippen LogP contribution in [0.5, 0.6) is 0 Å². The van der Waals surface area contributed by atoms with Gasteiger partial charge in [0.2, 0.25) is 0 Å². The summed E-state index contributed by atoms with van der Waals surface area (Å²) < 4.78 is 5.31. The van der Waals surface area contributed by atoms with Crippen molar-refractivity contribution in [3.63, 3.8) is 0 Å². The number of nitrogens with one attached hydrogen (secondary N) is 1. The van der Waals surface area contributed by atoms with Crippen molar-refractivity contribution in [3.05, 3.63) is 18.1 Å². The Kier molecular flexibility index (Phi) is 3.50. The molecule has 1 aromatic rings. The predicted molar refractivity (Wildman–Crippen MR) is 58.9 cm³/mol. The number of aryl methyl sites for hydroxylation is 1. The first-order chi connectivity index (χ1) is 7.38. The Morgan fingerprint density at radius 1 is 1.40 bits per heavy atom.